The van der Waals surface area contributed by atoms with Crippen molar-refractivity contribution in [3.8, 4) is 0 Å². The second kappa shape index (κ2) is 6.83. The number of nitrogens with zero attached hydrogens (tertiary/aromatic N) is 1. The minimum absolute atomic E-state index is 0.743. The van der Waals surface area contributed by atoms with Crippen molar-refractivity contribution in [2.45, 2.75) is 39.3 Å². The molecule has 0 saturated carbocycles. The van der Waals surface area contributed by atoms with E-state index < -0.39 is 8.56 Å². The molecule has 0 spiro atoms. The Balaban J connectivity index is 2.32. The zero-order valence-corrected chi connectivity index (χ0v) is 11.5. The van der Waals surface area contributed by atoms with Crippen molar-refractivity contribution in [1.82, 2.24) is 9.97 Å². The molecule has 1 N–H and O–H groups in total. The molecule has 4 nitrogen and oxygen atoms in total. The highest BCUT2D eigenvalue weighted by Crippen LogP contribution is 2.17. The molecule has 0 fully saturated rings. The summed E-state index contributed by atoms with van der Waals surface area (Å²) in [4.78, 5) is 7.11. The first kappa shape index (κ1) is 13.4. The van der Waals surface area contributed by atoms with Crippen molar-refractivity contribution < 1.29 is 8.85 Å². The van der Waals surface area contributed by atoms with Crippen LogP contribution in [-0.2, 0) is 15.3 Å². The fraction of sp³-hybridized carbons (Fsp3) is 0.727. The number of aryl methyl sites for hydroxylation is 1. The van der Waals surface area contributed by atoms with E-state index in [0.717, 1.165) is 32.1 Å². The fourth-order valence-electron chi connectivity index (χ4n) is 1.82. The van der Waals surface area contributed by atoms with Gasteiger partial charge in [-0.1, -0.05) is 0 Å². The maximum Gasteiger partial charge on any atom is 0.334 e. The van der Waals surface area contributed by atoms with Crippen LogP contribution in [0.4, 0.5) is 0 Å². The smallest absolute Gasteiger partial charge is 0.334 e. The highest BCUT2D eigenvalue weighted by molar-refractivity contribution is 6.66. The Morgan fingerprint density at radius 3 is 2.50 bits per heavy atom. The summed E-state index contributed by atoms with van der Waals surface area (Å²) >= 11 is 0. The lowest BCUT2D eigenvalue weighted by molar-refractivity contribution is 0.188. The fourth-order valence-corrected chi connectivity index (χ4v) is 4.23. The molecule has 16 heavy (non-hydrogen) atoms. The number of hydrogen-bond donors (Lipinski definition) is 1. The Hall–Kier alpha value is -0.653. The topological polar surface area (TPSA) is 47.1 Å². The summed E-state index contributed by atoms with van der Waals surface area (Å²) in [6.45, 7) is 7.69. The zero-order valence-electron chi connectivity index (χ0n) is 10.5. The molecule has 1 aromatic heterocycles. The molecule has 0 bridgehead atoms. The summed E-state index contributed by atoms with van der Waals surface area (Å²) in [6, 6.07) is 1.04. The van der Waals surface area contributed by atoms with E-state index >= 15 is 0 Å². The Morgan fingerprint density at radius 2 is 2.00 bits per heavy atom. The average Bonchev–Trinajstić information content (AvgIpc) is 2.71. The second-order valence-corrected chi connectivity index (χ2v) is 7.28. The Kier molecular flexibility index (Phi) is 5.72. The van der Waals surface area contributed by atoms with Crippen LogP contribution in [0.15, 0.2) is 12.5 Å². The van der Waals surface area contributed by atoms with Crippen LogP contribution in [0.3, 0.4) is 0 Å². The van der Waals surface area contributed by atoms with Crippen molar-refractivity contribution in [1.29, 1.82) is 0 Å². The summed E-state index contributed by atoms with van der Waals surface area (Å²) in [5, 5.41) is 0. The molecule has 0 unspecified atom stereocenters. The molecule has 0 amide bonds. The van der Waals surface area contributed by atoms with E-state index in [4.69, 9.17) is 8.85 Å². The Morgan fingerprint density at radius 1 is 1.31 bits per heavy atom. The number of rotatable bonds is 8. The van der Waals surface area contributed by atoms with E-state index in [1.165, 1.54) is 5.69 Å². The number of aromatic nitrogens is 2. The third kappa shape index (κ3) is 4.47. The van der Waals surface area contributed by atoms with E-state index in [0.29, 0.717) is 0 Å². The van der Waals surface area contributed by atoms with Gasteiger partial charge in [-0.3, -0.25) is 0 Å². The number of H-pyrrole nitrogens is 1. The van der Waals surface area contributed by atoms with Crippen molar-refractivity contribution >= 4 is 8.56 Å². The molecule has 92 valence electrons. The highest BCUT2D eigenvalue weighted by Gasteiger charge is 2.29. The van der Waals surface area contributed by atoms with E-state index in [2.05, 4.69) is 16.5 Å². The van der Waals surface area contributed by atoms with Gasteiger partial charge < -0.3 is 13.8 Å². The molecular weight excluding hydrogens is 220 g/mol. The first-order valence-corrected chi connectivity index (χ1v) is 8.47. The van der Waals surface area contributed by atoms with Gasteiger partial charge in [0.2, 0.25) is 0 Å². The quantitative estimate of drug-likeness (QED) is 0.712. The van der Waals surface area contributed by atoms with Gasteiger partial charge in [-0.25, -0.2) is 4.98 Å². The third-order valence-corrected chi connectivity index (χ3v) is 5.59. The second-order valence-electron chi connectivity index (χ2n) is 3.93. The standard InChI is InChI=1S/C11H22N2O2Si/c1-4-14-16(3,15-5-2)8-6-7-11-9-12-10-13-11/h9-10H,4-8H2,1-3H3,(H,12,13). The van der Waals surface area contributed by atoms with Crippen LogP contribution >= 0.6 is 0 Å². The van der Waals surface area contributed by atoms with Crippen LogP contribution in [0, 0.1) is 0 Å². The molecule has 0 aliphatic heterocycles. The Labute approximate surface area is 98.6 Å². The van der Waals surface area contributed by atoms with Gasteiger partial charge in [0, 0.05) is 25.1 Å². The van der Waals surface area contributed by atoms with Crippen LogP contribution in [-0.4, -0.2) is 31.7 Å². The minimum Gasteiger partial charge on any atom is -0.395 e. The maximum atomic E-state index is 5.78. The normalized spacial score (nSPS) is 11.9. The van der Waals surface area contributed by atoms with Crippen molar-refractivity contribution in [3.05, 3.63) is 18.2 Å². The lowest BCUT2D eigenvalue weighted by Crippen LogP contribution is -2.38. The largest absolute Gasteiger partial charge is 0.395 e. The molecule has 0 atom stereocenters. The van der Waals surface area contributed by atoms with E-state index in [-0.39, 0.29) is 0 Å². The number of hydrogen-bond acceptors (Lipinski definition) is 3. The van der Waals surface area contributed by atoms with Gasteiger partial charge in [-0.05, 0) is 39.3 Å². The molecule has 1 rings (SSSR count). The van der Waals surface area contributed by atoms with Gasteiger partial charge in [0.25, 0.3) is 0 Å². The molecular formula is C11H22N2O2Si. The maximum absolute atomic E-state index is 5.78. The van der Waals surface area contributed by atoms with Crippen LogP contribution in [0.5, 0.6) is 0 Å². The van der Waals surface area contributed by atoms with Gasteiger partial charge >= 0.3 is 8.56 Å². The van der Waals surface area contributed by atoms with Crippen LogP contribution in [0.25, 0.3) is 0 Å². The molecule has 0 saturated heterocycles. The van der Waals surface area contributed by atoms with Gasteiger partial charge in [0.15, 0.2) is 0 Å². The average molecular weight is 242 g/mol. The zero-order chi connectivity index (χ0) is 11.9. The first-order chi connectivity index (χ1) is 7.70. The lowest BCUT2D eigenvalue weighted by Gasteiger charge is -2.25. The lowest BCUT2D eigenvalue weighted by atomic mass is 10.3. The first-order valence-electron chi connectivity index (χ1n) is 5.95. The van der Waals surface area contributed by atoms with E-state index in [1.54, 1.807) is 6.33 Å². The van der Waals surface area contributed by atoms with Gasteiger partial charge in [0.05, 0.1) is 6.33 Å². The number of aromatic amines is 1. The van der Waals surface area contributed by atoms with Crippen molar-refractivity contribution in [3.63, 3.8) is 0 Å². The van der Waals surface area contributed by atoms with Crippen LogP contribution < -0.4 is 0 Å². The molecule has 0 radical (unpaired) electrons. The molecule has 1 aromatic rings. The monoisotopic (exact) mass is 242 g/mol. The summed E-state index contributed by atoms with van der Waals surface area (Å²) < 4.78 is 11.6. The predicted octanol–water partition coefficient (Wildman–Crippen LogP) is 2.49. The summed E-state index contributed by atoms with van der Waals surface area (Å²) in [7, 11) is -1.92. The SMILES string of the molecule is CCO[Si](C)(CCCc1cnc[nH]1)OCC. The van der Waals surface area contributed by atoms with E-state index in [9.17, 15) is 0 Å². The van der Waals surface area contributed by atoms with Crippen molar-refractivity contribution in [2.75, 3.05) is 13.2 Å². The number of nitrogens with one attached hydrogen (secondary N) is 1. The Bertz CT molecular complexity index is 272. The van der Waals surface area contributed by atoms with Crippen LogP contribution in [0.2, 0.25) is 12.6 Å². The molecule has 0 aromatic carbocycles. The summed E-state index contributed by atoms with van der Waals surface area (Å²) in [6.07, 6.45) is 5.70. The molecule has 0 aliphatic carbocycles. The molecule has 0 aliphatic rings. The third-order valence-electron chi connectivity index (χ3n) is 2.53. The molecule has 1 heterocycles. The highest BCUT2D eigenvalue weighted by atomic mass is 28.4. The van der Waals surface area contributed by atoms with E-state index in [1.807, 2.05) is 20.0 Å². The van der Waals surface area contributed by atoms with Gasteiger partial charge in [0.1, 0.15) is 0 Å². The minimum atomic E-state index is -1.92. The predicted molar refractivity (Wildman–Crippen MR) is 66.6 cm³/mol. The summed E-state index contributed by atoms with van der Waals surface area (Å²) in [5.41, 5.74) is 1.18. The molecule has 5 heteroatoms. The van der Waals surface area contributed by atoms with Gasteiger partial charge in [-0.2, -0.15) is 0 Å². The number of imidazole rings is 1. The van der Waals surface area contributed by atoms with Crippen LogP contribution in [0.1, 0.15) is 26.0 Å². The van der Waals surface area contributed by atoms with Crippen molar-refractivity contribution in [2.24, 2.45) is 0 Å². The summed E-state index contributed by atoms with van der Waals surface area (Å²) in [5.74, 6) is 0. The van der Waals surface area contributed by atoms with Gasteiger partial charge in [-0.15, -0.1) is 0 Å².